The molecular formula is C17H25NO2. The molecule has 110 valence electrons. The van der Waals surface area contributed by atoms with Crippen molar-refractivity contribution in [2.75, 3.05) is 13.2 Å². The Bertz CT molecular complexity index is 463. The van der Waals surface area contributed by atoms with Gasteiger partial charge in [-0.3, -0.25) is 4.79 Å². The van der Waals surface area contributed by atoms with Crippen LogP contribution >= 0.6 is 0 Å². The van der Waals surface area contributed by atoms with Crippen LogP contribution in [0.15, 0.2) is 30.3 Å². The van der Waals surface area contributed by atoms with Gasteiger partial charge in [-0.2, -0.15) is 0 Å². The van der Waals surface area contributed by atoms with Gasteiger partial charge in [-0.05, 0) is 31.2 Å². The van der Waals surface area contributed by atoms with Crippen molar-refractivity contribution in [1.29, 1.82) is 0 Å². The van der Waals surface area contributed by atoms with E-state index in [-0.39, 0.29) is 22.8 Å². The molecule has 1 amide bonds. The summed E-state index contributed by atoms with van der Waals surface area (Å²) < 4.78 is 5.15. The van der Waals surface area contributed by atoms with Crippen LogP contribution in [-0.2, 0) is 14.9 Å². The van der Waals surface area contributed by atoms with Crippen LogP contribution < -0.4 is 5.32 Å². The molecule has 0 spiro atoms. The lowest BCUT2D eigenvalue weighted by atomic mass is 9.79. The molecule has 1 saturated heterocycles. The lowest BCUT2D eigenvalue weighted by Gasteiger charge is -2.38. The third-order valence-corrected chi connectivity index (χ3v) is 4.14. The normalized spacial score (nSPS) is 19.0. The van der Waals surface area contributed by atoms with E-state index in [1.807, 2.05) is 13.0 Å². The Kier molecular flexibility index (Phi) is 4.19. The fourth-order valence-corrected chi connectivity index (χ4v) is 2.76. The number of ether oxygens (including phenoxy) is 1. The number of nitrogens with one attached hydrogen (secondary N) is 1. The molecule has 1 atom stereocenters. The van der Waals surface area contributed by atoms with Crippen LogP contribution in [0, 0.1) is 5.41 Å². The molecule has 2 rings (SSSR count). The van der Waals surface area contributed by atoms with Gasteiger partial charge in [0.15, 0.2) is 0 Å². The lowest BCUT2D eigenvalue weighted by Crippen LogP contribution is -2.54. The molecule has 0 unspecified atom stereocenters. The van der Waals surface area contributed by atoms with E-state index in [1.54, 1.807) is 0 Å². The average Bonchev–Trinajstić information content (AvgIpc) is 2.36. The molecule has 1 aromatic rings. The highest BCUT2D eigenvalue weighted by Crippen LogP contribution is 2.30. The summed E-state index contributed by atoms with van der Waals surface area (Å²) in [7, 11) is 0. The van der Waals surface area contributed by atoms with Gasteiger partial charge in [0.2, 0.25) is 5.91 Å². The molecule has 1 aliphatic rings. The third-order valence-electron chi connectivity index (χ3n) is 4.14. The Morgan fingerprint density at radius 1 is 1.35 bits per heavy atom. The molecule has 1 heterocycles. The maximum absolute atomic E-state index is 12.2. The molecule has 0 aliphatic carbocycles. The quantitative estimate of drug-likeness (QED) is 0.897. The lowest BCUT2D eigenvalue weighted by molar-refractivity contribution is -0.158. The molecule has 1 N–H and O–H groups in total. The van der Waals surface area contributed by atoms with Crippen LogP contribution in [0.4, 0.5) is 0 Å². The van der Waals surface area contributed by atoms with Gasteiger partial charge >= 0.3 is 0 Å². The predicted octanol–water partition coefficient (Wildman–Crippen LogP) is 2.90. The Morgan fingerprint density at radius 2 is 1.95 bits per heavy atom. The van der Waals surface area contributed by atoms with Gasteiger partial charge < -0.3 is 10.1 Å². The van der Waals surface area contributed by atoms with E-state index < -0.39 is 0 Å². The van der Waals surface area contributed by atoms with E-state index >= 15 is 0 Å². The summed E-state index contributed by atoms with van der Waals surface area (Å²) in [5.41, 5.74) is 1.02. The molecule has 0 aromatic heterocycles. The van der Waals surface area contributed by atoms with Crippen molar-refractivity contribution in [3.63, 3.8) is 0 Å². The van der Waals surface area contributed by atoms with Crippen molar-refractivity contribution in [3.05, 3.63) is 35.9 Å². The van der Waals surface area contributed by atoms with Crippen LogP contribution in [0.1, 0.15) is 39.7 Å². The molecule has 3 nitrogen and oxygen atoms in total. The Morgan fingerprint density at radius 3 is 2.45 bits per heavy atom. The van der Waals surface area contributed by atoms with Crippen molar-refractivity contribution in [2.24, 2.45) is 5.41 Å². The van der Waals surface area contributed by atoms with Gasteiger partial charge in [0, 0.05) is 6.04 Å². The van der Waals surface area contributed by atoms with E-state index in [0.29, 0.717) is 13.2 Å². The first-order valence-corrected chi connectivity index (χ1v) is 7.28. The minimum atomic E-state index is -0.328. The van der Waals surface area contributed by atoms with Gasteiger partial charge in [-0.1, -0.05) is 44.2 Å². The van der Waals surface area contributed by atoms with Gasteiger partial charge in [0.1, 0.15) is 0 Å². The number of hydrogen-bond donors (Lipinski definition) is 1. The van der Waals surface area contributed by atoms with Gasteiger partial charge in [-0.15, -0.1) is 0 Å². The van der Waals surface area contributed by atoms with Crippen LogP contribution in [-0.4, -0.2) is 25.2 Å². The molecule has 0 radical (unpaired) electrons. The van der Waals surface area contributed by atoms with Crippen LogP contribution in [0.5, 0.6) is 0 Å². The second kappa shape index (κ2) is 5.57. The van der Waals surface area contributed by atoms with E-state index in [2.05, 4.69) is 50.4 Å². The van der Waals surface area contributed by atoms with E-state index in [4.69, 9.17) is 4.74 Å². The summed E-state index contributed by atoms with van der Waals surface area (Å²) in [6.45, 7) is 9.55. The SMILES string of the molecule is C[C@@H](CC(C)(C)c1ccccc1)NC(=O)C1(C)COC1. The molecule has 3 heteroatoms. The number of rotatable bonds is 5. The highest BCUT2D eigenvalue weighted by molar-refractivity contribution is 5.83. The minimum absolute atomic E-state index is 0.0466. The molecule has 0 saturated carbocycles. The smallest absolute Gasteiger partial charge is 0.230 e. The summed E-state index contributed by atoms with van der Waals surface area (Å²) >= 11 is 0. The van der Waals surface area contributed by atoms with E-state index in [1.165, 1.54) is 5.56 Å². The maximum Gasteiger partial charge on any atom is 0.230 e. The first-order valence-electron chi connectivity index (χ1n) is 7.28. The number of carbonyl (C=O) groups excluding carboxylic acids is 1. The van der Waals surface area contributed by atoms with Crippen molar-refractivity contribution in [2.45, 2.75) is 45.6 Å². The molecular weight excluding hydrogens is 250 g/mol. The molecule has 20 heavy (non-hydrogen) atoms. The summed E-state index contributed by atoms with van der Waals surface area (Å²) in [5, 5.41) is 3.13. The number of amides is 1. The zero-order valence-corrected chi connectivity index (χ0v) is 12.9. The predicted molar refractivity (Wildman–Crippen MR) is 80.6 cm³/mol. The summed E-state index contributed by atoms with van der Waals surface area (Å²) in [6, 6.07) is 10.6. The summed E-state index contributed by atoms with van der Waals surface area (Å²) in [5.74, 6) is 0.111. The topological polar surface area (TPSA) is 38.3 Å². The van der Waals surface area contributed by atoms with Crippen LogP contribution in [0.3, 0.4) is 0 Å². The highest BCUT2D eigenvalue weighted by Gasteiger charge is 2.41. The largest absolute Gasteiger partial charge is 0.379 e. The Hall–Kier alpha value is -1.35. The van der Waals surface area contributed by atoms with E-state index in [9.17, 15) is 4.79 Å². The fraction of sp³-hybridized carbons (Fsp3) is 0.588. The zero-order chi connectivity index (χ0) is 14.8. The first kappa shape index (κ1) is 15.0. The third kappa shape index (κ3) is 3.21. The monoisotopic (exact) mass is 275 g/mol. The van der Waals surface area contributed by atoms with Gasteiger partial charge in [0.25, 0.3) is 0 Å². The van der Waals surface area contributed by atoms with Crippen molar-refractivity contribution >= 4 is 5.91 Å². The number of hydrogen-bond acceptors (Lipinski definition) is 2. The zero-order valence-electron chi connectivity index (χ0n) is 12.9. The molecule has 1 aromatic carbocycles. The number of benzene rings is 1. The van der Waals surface area contributed by atoms with Crippen LogP contribution in [0.2, 0.25) is 0 Å². The average molecular weight is 275 g/mol. The molecule has 0 bridgehead atoms. The van der Waals surface area contributed by atoms with Crippen molar-refractivity contribution in [1.82, 2.24) is 5.32 Å². The van der Waals surface area contributed by atoms with Crippen molar-refractivity contribution < 1.29 is 9.53 Å². The molecule has 1 fully saturated rings. The number of carbonyl (C=O) groups is 1. The Balaban J connectivity index is 1.94. The van der Waals surface area contributed by atoms with Gasteiger partial charge in [0.05, 0.1) is 18.6 Å². The van der Waals surface area contributed by atoms with Gasteiger partial charge in [-0.25, -0.2) is 0 Å². The fourth-order valence-electron chi connectivity index (χ4n) is 2.76. The highest BCUT2D eigenvalue weighted by atomic mass is 16.5. The summed E-state index contributed by atoms with van der Waals surface area (Å²) in [4.78, 5) is 12.2. The minimum Gasteiger partial charge on any atom is -0.379 e. The second-order valence-electron chi connectivity index (χ2n) is 6.88. The molecule has 1 aliphatic heterocycles. The van der Waals surface area contributed by atoms with E-state index in [0.717, 1.165) is 6.42 Å². The van der Waals surface area contributed by atoms with Crippen LogP contribution in [0.25, 0.3) is 0 Å². The standard InChI is InChI=1S/C17H25NO2/c1-13(18-15(19)17(4)11-20-12-17)10-16(2,3)14-8-6-5-7-9-14/h5-9,13H,10-12H2,1-4H3,(H,18,19)/t13-/m0/s1. The maximum atomic E-state index is 12.2. The summed E-state index contributed by atoms with van der Waals surface area (Å²) in [6.07, 6.45) is 0.916. The van der Waals surface area contributed by atoms with Crippen molar-refractivity contribution in [3.8, 4) is 0 Å². The Labute approximate surface area is 121 Å². The second-order valence-corrected chi connectivity index (χ2v) is 6.88. The first-order chi connectivity index (χ1) is 9.33.